The Labute approximate surface area is 257 Å². The summed E-state index contributed by atoms with van der Waals surface area (Å²) < 4.78 is 31.8. The van der Waals surface area contributed by atoms with E-state index in [2.05, 4.69) is 41.2 Å². The Kier molecular flexibility index (Phi) is 9.43. The predicted octanol–water partition coefficient (Wildman–Crippen LogP) is 4.13. The molecule has 1 aromatic heterocycles. The molecule has 2 aromatic carbocycles. The predicted molar refractivity (Wildman–Crippen MR) is 171 cm³/mol. The van der Waals surface area contributed by atoms with Gasteiger partial charge in [-0.15, -0.1) is 0 Å². The summed E-state index contributed by atoms with van der Waals surface area (Å²) in [4.78, 5) is 27.3. The summed E-state index contributed by atoms with van der Waals surface area (Å²) in [7, 11) is -1.86. The van der Waals surface area contributed by atoms with Gasteiger partial charge in [0.25, 0.3) is 0 Å². The van der Waals surface area contributed by atoms with Crippen LogP contribution in [0.25, 0.3) is 0 Å². The highest BCUT2D eigenvalue weighted by molar-refractivity contribution is 7.92. The molecule has 2 fully saturated rings. The Balaban J connectivity index is 1.24. The van der Waals surface area contributed by atoms with Crippen molar-refractivity contribution in [2.24, 2.45) is 0 Å². The molecule has 0 aliphatic carbocycles. The second-order valence-electron chi connectivity index (χ2n) is 10.7. The molecule has 3 N–H and O–H groups in total. The van der Waals surface area contributed by atoms with Crippen LogP contribution in [0.4, 0.5) is 34.5 Å². The number of sulfonamides is 1. The van der Waals surface area contributed by atoms with Crippen molar-refractivity contribution in [3.63, 3.8) is 0 Å². The van der Waals surface area contributed by atoms with E-state index in [0.29, 0.717) is 34.7 Å². The maximum absolute atomic E-state index is 11.8. The molecule has 3 aromatic rings. The van der Waals surface area contributed by atoms with Crippen LogP contribution in [0.3, 0.4) is 0 Å². The summed E-state index contributed by atoms with van der Waals surface area (Å²) in [5.41, 5.74) is 2.63. The van der Waals surface area contributed by atoms with Crippen LogP contribution >= 0.6 is 11.6 Å². The lowest BCUT2D eigenvalue weighted by molar-refractivity contribution is -0.130. The minimum absolute atomic E-state index is 0.159. The van der Waals surface area contributed by atoms with Crippen molar-refractivity contribution in [1.29, 1.82) is 0 Å². The lowest BCUT2D eigenvalue weighted by atomic mass is 10.0. The third-order valence-corrected chi connectivity index (χ3v) is 8.62. The number of para-hydroxylation sites is 2. The van der Waals surface area contributed by atoms with E-state index in [1.54, 1.807) is 38.3 Å². The van der Waals surface area contributed by atoms with Crippen molar-refractivity contribution in [2.75, 3.05) is 72.9 Å². The van der Waals surface area contributed by atoms with Crippen LogP contribution in [-0.4, -0.2) is 92.8 Å². The third kappa shape index (κ3) is 7.78. The molecule has 2 aliphatic heterocycles. The minimum atomic E-state index is -3.48. The number of rotatable bonds is 9. The Morgan fingerprint density at radius 1 is 0.977 bits per heavy atom. The zero-order valence-corrected chi connectivity index (χ0v) is 26.1. The van der Waals surface area contributed by atoms with E-state index in [1.165, 1.54) is 6.20 Å². The van der Waals surface area contributed by atoms with E-state index in [1.807, 2.05) is 17.0 Å². The van der Waals surface area contributed by atoms with Gasteiger partial charge >= 0.3 is 0 Å². The molecule has 2 saturated heterocycles. The number of aromatic nitrogens is 2. The van der Waals surface area contributed by atoms with Crippen molar-refractivity contribution in [1.82, 2.24) is 19.8 Å². The maximum Gasteiger partial charge on any atom is 0.229 e. The van der Waals surface area contributed by atoms with Gasteiger partial charge in [-0.25, -0.2) is 13.4 Å². The third-order valence-electron chi connectivity index (χ3n) is 7.76. The SMILES string of the molecule is COc1cc(N2CCC(N3CCN(C(C)=O)CC3)CC2)ccc1Nc1ncc(Cl)c(Nc2ccccc2NS(C)(=O)=O)n1. The molecule has 0 spiro atoms. The molecule has 12 nitrogen and oxygen atoms in total. The molecular formula is C29H37ClN8O4S. The van der Waals surface area contributed by atoms with Crippen LogP contribution in [0.2, 0.25) is 5.02 Å². The van der Waals surface area contributed by atoms with Crippen molar-refractivity contribution in [3.8, 4) is 5.75 Å². The Morgan fingerprint density at radius 2 is 1.67 bits per heavy atom. The van der Waals surface area contributed by atoms with Gasteiger partial charge in [0, 0.05) is 64.0 Å². The molecule has 230 valence electrons. The summed E-state index contributed by atoms with van der Waals surface area (Å²) in [6.07, 6.45) is 4.70. The van der Waals surface area contributed by atoms with Gasteiger partial charge in [0.05, 0.1) is 36.6 Å². The number of hydrogen-bond acceptors (Lipinski definition) is 10. The fourth-order valence-electron chi connectivity index (χ4n) is 5.51. The van der Waals surface area contributed by atoms with Crippen LogP contribution in [0.5, 0.6) is 5.75 Å². The van der Waals surface area contributed by atoms with Gasteiger partial charge in [0.15, 0.2) is 5.82 Å². The van der Waals surface area contributed by atoms with E-state index >= 15 is 0 Å². The number of nitrogens with zero attached hydrogens (tertiary/aromatic N) is 5. The lowest BCUT2D eigenvalue weighted by Gasteiger charge is -2.43. The number of ether oxygens (including phenoxy) is 1. The Hall–Kier alpha value is -3.81. The zero-order chi connectivity index (χ0) is 30.6. The smallest absolute Gasteiger partial charge is 0.229 e. The summed E-state index contributed by atoms with van der Waals surface area (Å²) in [5.74, 6) is 1.40. The molecule has 0 bridgehead atoms. The van der Waals surface area contributed by atoms with E-state index in [4.69, 9.17) is 16.3 Å². The normalized spacial score (nSPS) is 16.6. The molecule has 0 atom stereocenters. The molecule has 2 aliphatic rings. The summed E-state index contributed by atoms with van der Waals surface area (Å²) in [5, 5.41) is 6.58. The molecular weight excluding hydrogens is 592 g/mol. The van der Waals surface area contributed by atoms with Crippen LogP contribution in [0, 0.1) is 0 Å². The standard InChI is InChI=1S/C29H37ClN8O4S/c1-20(39)36-14-16-38(17-15-36)21-10-12-37(13-11-21)22-8-9-26(27(18-22)42-2)33-29-31-19-23(30)28(34-29)32-24-6-4-5-7-25(24)35-43(3,40)41/h4-9,18-19,21,35H,10-17H2,1-3H3,(H2,31,32,33,34). The van der Waals surface area contributed by atoms with E-state index in [0.717, 1.165) is 64.1 Å². The van der Waals surface area contributed by atoms with Crippen LogP contribution in [0.1, 0.15) is 19.8 Å². The minimum Gasteiger partial charge on any atom is -0.494 e. The fourth-order valence-corrected chi connectivity index (χ4v) is 6.23. The summed E-state index contributed by atoms with van der Waals surface area (Å²) in [6.45, 7) is 7.02. The van der Waals surface area contributed by atoms with Crippen molar-refractivity contribution < 1.29 is 17.9 Å². The van der Waals surface area contributed by atoms with Gasteiger partial charge in [0.1, 0.15) is 10.8 Å². The topological polar surface area (TPSA) is 132 Å². The van der Waals surface area contributed by atoms with Gasteiger partial charge < -0.3 is 25.2 Å². The van der Waals surface area contributed by atoms with Crippen LogP contribution < -0.4 is 25.0 Å². The van der Waals surface area contributed by atoms with Gasteiger partial charge in [-0.05, 0) is 37.1 Å². The number of amides is 1. The van der Waals surface area contributed by atoms with Gasteiger partial charge in [-0.3, -0.25) is 14.4 Å². The van der Waals surface area contributed by atoms with E-state index in [-0.39, 0.29) is 16.9 Å². The highest BCUT2D eigenvalue weighted by Crippen LogP contribution is 2.34. The first kappa shape index (κ1) is 30.6. The Morgan fingerprint density at radius 3 is 2.33 bits per heavy atom. The summed E-state index contributed by atoms with van der Waals surface area (Å²) in [6, 6.07) is 13.4. The van der Waals surface area contributed by atoms with Gasteiger partial charge in [-0.1, -0.05) is 23.7 Å². The second-order valence-corrected chi connectivity index (χ2v) is 12.9. The van der Waals surface area contributed by atoms with Crippen molar-refractivity contribution >= 4 is 62.0 Å². The number of hydrogen-bond donors (Lipinski definition) is 3. The first-order chi connectivity index (χ1) is 20.6. The molecule has 3 heterocycles. The molecule has 1 amide bonds. The molecule has 14 heteroatoms. The number of anilines is 6. The number of carbonyl (C=O) groups is 1. The average Bonchev–Trinajstić information content (AvgIpc) is 2.99. The number of nitrogens with one attached hydrogen (secondary N) is 3. The Bertz CT molecular complexity index is 1560. The molecule has 0 unspecified atom stereocenters. The molecule has 0 radical (unpaired) electrons. The molecule has 43 heavy (non-hydrogen) atoms. The largest absolute Gasteiger partial charge is 0.494 e. The number of halogens is 1. The maximum atomic E-state index is 11.8. The first-order valence-electron chi connectivity index (χ1n) is 14.2. The lowest BCUT2D eigenvalue weighted by Crippen LogP contribution is -2.54. The first-order valence-corrected chi connectivity index (χ1v) is 16.4. The van der Waals surface area contributed by atoms with Crippen molar-refractivity contribution in [2.45, 2.75) is 25.8 Å². The van der Waals surface area contributed by atoms with Crippen molar-refractivity contribution in [3.05, 3.63) is 53.7 Å². The second kappa shape index (κ2) is 13.2. The number of piperidine rings is 1. The zero-order valence-electron chi connectivity index (χ0n) is 24.5. The quantitative estimate of drug-likeness (QED) is 0.318. The highest BCUT2D eigenvalue weighted by atomic mass is 35.5. The average molecular weight is 629 g/mol. The van der Waals surface area contributed by atoms with E-state index < -0.39 is 10.0 Å². The number of carbonyl (C=O) groups excluding carboxylic acids is 1. The molecule has 0 saturated carbocycles. The monoisotopic (exact) mass is 628 g/mol. The van der Waals surface area contributed by atoms with Crippen LogP contribution in [-0.2, 0) is 14.8 Å². The van der Waals surface area contributed by atoms with Gasteiger partial charge in [-0.2, -0.15) is 4.98 Å². The van der Waals surface area contributed by atoms with Crippen LogP contribution in [0.15, 0.2) is 48.7 Å². The summed E-state index contributed by atoms with van der Waals surface area (Å²) >= 11 is 6.38. The number of benzene rings is 2. The van der Waals surface area contributed by atoms with Gasteiger partial charge in [0.2, 0.25) is 21.9 Å². The number of piperazine rings is 1. The highest BCUT2D eigenvalue weighted by Gasteiger charge is 2.28. The fraction of sp³-hybridized carbons (Fsp3) is 0.414. The molecule has 5 rings (SSSR count). The number of methoxy groups -OCH3 is 1. The van der Waals surface area contributed by atoms with E-state index in [9.17, 15) is 13.2 Å².